The lowest BCUT2D eigenvalue weighted by Crippen LogP contribution is -2.28. The van der Waals surface area contributed by atoms with Gasteiger partial charge in [0.1, 0.15) is 0 Å². The van der Waals surface area contributed by atoms with E-state index in [-0.39, 0.29) is 44.2 Å². The SMILES string of the molecule is CCOc1cc(C#N)cc(Cl)c1OC(=O)c1cc(S(=O)(=O)N2CCCC2)ccc1Cl. The van der Waals surface area contributed by atoms with E-state index >= 15 is 0 Å². The van der Waals surface area contributed by atoms with Crippen LogP contribution in [0.25, 0.3) is 0 Å². The Morgan fingerprint density at radius 1 is 1.17 bits per heavy atom. The maximum Gasteiger partial charge on any atom is 0.345 e. The van der Waals surface area contributed by atoms with Crippen molar-refractivity contribution in [1.29, 1.82) is 5.26 Å². The smallest absolute Gasteiger partial charge is 0.345 e. The fourth-order valence-corrected chi connectivity index (χ4v) is 5.03. The van der Waals surface area contributed by atoms with E-state index in [1.54, 1.807) is 6.92 Å². The third-order valence-corrected chi connectivity index (χ3v) is 7.00. The van der Waals surface area contributed by atoms with Gasteiger partial charge >= 0.3 is 5.97 Å². The van der Waals surface area contributed by atoms with E-state index in [9.17, 15) is 13.2 Å². The highest BCUT2D eigenvalue weighted by atomic mass is 35.5. The number of carbonyl (C=O) groups excluding carboxylic acids is 1. The van der Waals surface area contributed by atoms with E-state index in [0.29, 0.717) is 13.1 Å². The van der Waals surface area contributed by atoms with Crippen molar-refractivity contribution in [3.05, 3.63) is 51.5 Å². The first-order chi connectivity index (χ1) is 14.3. The Morgan fingerprint density at radius 2 is 1.87 bits per heavy atom. The second-order valence-corrected chi connectivity index (χ2v) is 9.22. The Labute approximate surface area is 184 Å². The lowest BCUT2D eigenvalue weighted by Gasteiger charge is -2.17. The molecule has 0 saturated carbocycles. The zero-order valence-electron chi connectivity index (χ0n) is 16.0. The Hall–Kier alpha value is -2.31. The number of hydrogen-bond acceptors (Lipinski definition) is 6. The van der Waals surface area contributed by atoms with Crippen LogP contribution in [0.3, 0.4) is 0 Å². The van der Waals surface area contributed by atoms with Gasteiger partial charge in [0.05, 0.1) is 38.7 Å². The van der Waals surface area contributed by atoms with Crippen LogP contribution in [0.1, 0.15) is 35.7 Å². The van der Waals surface area contributed by atoms with E-state index in [2.05, 4.69) is 0 Å². The third kappa shape index (κ3) is 4.55. The number of esters is 1. The molecule has 0 atom stereocenters. The van der Waals surface area contributed by atoms with Crippen molar-refractivity contribution in [2.45, 2.75) is 24.7 Å². The number of nitrogens with zero attached hydrogens (tertiary/aromatic N) is 2. The highest BCUT2D eigenvalue weighted by Gasteiger charge is 2.29. The number of sulfonamides is 1. The van der Waals surface area contributed by atoms with Crippen molar-refractivity contribution in [3.8, 4) is 17.6 Å². The molecule has 1 aliphatic rings. The lowest BCUT2D eigenvalue weighted by atomic mass is 10.2. The second-order valence-electron chi connectivity index (χ2n) is 6.47. The van der Waals surface area contributed by atoms with Gasteiger partial charge in [0.15, 0.2) is 11.5 Å². The maximum atomic E-state index is 12.8. The van der Waals surface area contributed by atoms with Crippen molar-refractivity contribution in [2.75, 3.05) is 19.7 Å². The van der Waals surface area contributed by atoms with Gasteiger partial charge in [-0.05, 0) is 44.0 Å². The minimum absolute atomic E-state index is 0.00261. The molecule has 3 rings (SSSR count). The molecule has 2 aromatic rings. The molecule has 10 heteroatoms. The van der Waals surface area contributed by atoms with Crippen LogP contribution >= 0.6 is 23.2 Å². The fraction of sp³-hybridized carbons (Fsp3) is 0.300. The van der Waals surface area contributed by atoms with Crippen LogP contribution in [0.15, 0.2) is 35.2 Å². The fourth-order valence-electron chi connectivity index (χ4n) is 3.04. The molecule has 0 spiro atoms. The second kappa shape index (κ2) is 9.23. The van der Waals surface area contributed by atoms with Crippen molar-refractivity contribution in [1.82, 2.24) is 4.31 Å². The van der Waals surface area contributed by atoms with Crippen LogP contribution in [0.2, 0.25) is 10.0 Å². The maximum absolute atomic E-state index is 12.8. The molecule has 0 unspecified atom stereocenters. The summed E-state index contributed by atoms with van der Waals surface area (Å²) in [7, 11) is -3.74. The van der Waals surface area contributed by atoms with Gasteiger partial charge in [0.25, 0.3) is 0 Å². The first-order valence-electron chi connectivity index (χ1n) is 9.16. The van der Waals surface area contributed by atoms with Crippen LogP contribution in [0.5, 0.6) is 11.5 Å². The Bertz CT molecular complexity index is 1120. The molecular weight excluding hydrogens is 451 g/mol. The van der Waals surface area contributed by atoms with E-state index in [1.807, 2.05) is 6.07 Å². The lowest BCUT2D eigenvalue weighted by molar-refractivity contribution is 0.0728. The topological polar surface area (TPSA) is 96.7 Å². The minimum Gasteiger partial charge on any atom is -0.490 e. The monoisotopic (exact) mass is 468 g/mol. The third-order valence-electron chi connectivity index (χ3n) is 4.49. The molecule has 2 aromatic carbocycles. The van der Waals surface area contributed by atoms with Crippen LogP contribution in [0.4, 0.5) is 0 Å². The Balaban J connectivity index is 1.96. The summed E-state index contributed by atoms with van der Waals surface area (Å²) >= 11 is 12.3. The largest absolute Gasteiger partial charge is 0.490 e. The van der Waals surface area contributed by atoms with Gasteiger partial charge < -0.3 is 9.47 Å². The summed E-state index contributed by atoms with van der Waals surface area (Å²) in [6.45, 7) is 2.84. The molecule has 0 radical (unpaired) electrons. The molecule has 1 aliphatic heterocycles. The Kier molecular flexibility index (Phi) is 6.88. The number of carbonyl (C=O) groups is 1. The predicted molar refractivity (Wildman–Crippen MR) is 112 cm³/mol. The molecule has 0 bridgehead atoms. The summed E-state index contributed by atoms with van der Waals surface area (Å²) in [5.41, 5.74) is 0.111. The molecule has 1 heterocycles. The van der Waals surface area contributed by atoms with E-state index in [1.165, 1.54) is 34.6 Å². The van der Waals surface area contributed by atoms with Gasteiger partial charge in [-0.25, -0.2) is 13.2 Å². The van der Waals surface area contributed by atoms with Crippen LogP contribution < -0.4 is 9.47 Å². The molecule has 0 aliphatic carbocycles. The molecule has 7 nitrogen and oxygen atoms in total. The standard InChI is InChI=1S/C20H18Cl2N2O5S/c1-2-28-18-10-13(12-23)9-17(22)19(18)29-20(25)15-11-14(5-6-16(15)21)30(26,27)24-7-3-4-8-24/h5-6,9-11H,2-4,7-8H2,1H3. The molecule has 0 amide bonds. The number of benzene rings is 2. The first kappa shape index (κ1) is 22.4. The van der Waals surface area contributed by atoms with Crippen LogP contribution in [0, 0.1) is 11.3 Å². The summed E-state index contributed by atoms with van der Waals surface area (Å²) in [5.74, 6) is -0.857. The normalized spacial score (nSPS) is 14.3. The van der Waals surface area contributed by atoms with E-state index in [0.717, 1.165) is 12.8 Å². The van der Waals surface area contributed by atoms with Gasteiger partial charge in [-0.1, -0.05) is 23.2 Å². The van der Waals surface area contributed by atoms with Gasteiger partial charge in [-0.2, -0.15) is 9.57 Å². The van der Waals surface area contributed by atoms with Crippen molar-refractivity contribution in [2.24, 2.45) is 0 Å². The number of hydrogen-bond donors (Lipinski definition) is 0. The zero-order valence-corrected chi connectivity index (χ0v) is 18.4. The summed E-state index contributed by atoms with van der Waals surface area (Å²) < 4.78 is 37.8. The van der Waals surface area contributed by atoms with E-state index in [4.69, 9.17) is 37.9 Å². The zero-order chi connectivity index (χ0) is 21.9. The van der Waals surface area contributed by atoms with Gasteiger partial charge in [0.2, 0.25) is 10.0 Å². The Morgan fingerprint density at radius 3 is 2.50 bits per heavy atom. The van der Waals surface area contributed by atoms with Gasteiger partial charge in [-0.15, -0.1) is 0 Å². The number of halogens is 2. The van der Waals surface area contributed by atoms with Crippen LogP contribution in [-0.2, 0) is 10.0 Å². The molecule has 1 fully saturated rings. The average molecular weight is 469 g/mol. The first-order valence-corrected chi connectivity index (χ1v) is 11.4. The van der Waals surface area contributed by atoms with E-state index < -0.39 is 16.0 Å². The highest BCUT2D eigenvalue weighted by Crippen LogP contribution is 2.37. The average Bonchev–Trinajstić information content (AvgIpc) is 3.26. The summed E-state index contributed by atoms with van der Waals surface area (Å²) in [4.78, 5) is 12.8. The number of ether oxygens (including phenoxy) is 2. The molecule has 0 N–H and O–H groups in total. The summed E-state index contributed by atoms with van der Waals surface area (Å²) in [5, 5.41) is 9.12. The summed E-state index contributed by atoms with van der Waals surface area (Å²) in [6.07, 6.45) is 1.58. The molecule has 158 valence electrons. The van der Waals surface area contributed by atoms with Crippen molar-refractivity contribution < 1.29 is 22.7 Å². The molecule has 30 heavy (non-hydrogen) atoms. The highest BCUT2D eigenvalue weighted by molar-refractivity contribution is 7.89. The number of rotatable bonds is 6. The van der Waals surface area contributed by atoms with Crippen molar-refractivity contribution >= 4 is 39.2 Å². The van der Waals surface area contributed by atoms with Crippen molar-refractivity contribution in [3.63, 3.8) is 0 Å². The minimum atomic E-state index is -3.74. The van der Waals surface area contributed by atoms with Gasteiger partial charge in [0, 0.05) is 19.2 Å². The van der Waals surface area contributed by atoms with Gasteiger partial charge in [-0.3, -0.25) is 0 Å². The van der Waals surface area contributed by atoms with Crippen LogP contribution in [-0.4, -0.2) is 38.4 Å². The quantitative estimate of drug-likeness (QED) is 0.463. The number of nitriles is 1. The molecule has 0 aromatic heterocycles. The molecule has 1 saturated heterocycles. The molecular formula is C20H18Cl2N2O5S. The predicted octanol–water partition coefficient (Wildman–Crippen LogP) is 4.27. The summed E-state index contributed by atoms with van der Waals surface area (Å²) in [6, 6.07) is 8.56.